The number of benzene rings is 2. The van der Waals surface area contributed by atoms with Gasteiger partial charge in [-0.25, -0.2) is 9.97 Å². The Morgan fingerprint density at radius 3 is 1.34 bits per heavy atom. The van der Waals surface area contributed by atoms with Crippen LogP contribution in [0.25, 0.3) is 20.9 Å². The second kappa shape index (κ2) is 31.9. The standard InChI is InChI=1S/C59H83N7O14S2/c1-38-51(81-36-62-38)42-13-9-40(10-14-42)30-60-54(71)48-28-44(67)32-65(48)56(73)47(58(3,4)5)27-46(69)34-79-25-23-77-21-19-75-17-18-76-20-22-78-24-26-80-35-50(70)64-53(59(6,7)8)57(74)66-33-45(68)29-49(66)55(72)61-31-41-11-15-43(16-12-41)52-39(2)63-37-82-52/h9-16,36-37,44-45,47-49,53,67-68H,17-35H2,1-8H3,(H,60,71)(H,61,72)(H,64,70)/t44-,45-,47-,48+,49+,53-/m1/s1. The van der Waals surface area contributed by atoms with Gasteiger partial charge in [-0.1, -0.05) is 90.1 Å². The maximum Gasteiger partial charge on any atom is 0.246 e. The molecule has 0 bridgehead atoms. The highest BCUT2D eigenvalue weighted by atomic mass is 32.1. The molecule has 82 heavy (non-hydrogen) atoms. The van der Waals surface area contributed by atoms with Gasteiger partial charge in [0.1, 0.15) is 31.3 Å². The first-order chi connectivity index (χ1) is 39.1. The van der Waals surface area contributed by atoms with E-state index in [0.29, 0.717) is 39.6 Å². The molecule has 0 spiro atoms. The molecule has 6 atom stereocenters. The Morgan fingerprint density at radius 1 is 0.573 bits per heavy atom. The van der Waals surface area contributed by atoms with Gasteiger partial charge in [-0.05, 0) is 46.9 Å². The lowest BCUT2D eigenvalue weighted by atomic mass is 9.77. The number of β-amino-alcohol motifs (C(OH)–C–C–N with tert-alkyl or cyclic N) is 2. The van der Waals surface area contributed by atoms with Crippen molar-refractivity contribution in [3.8, 4) is 20.9 Å². The maximum absolute atomic E-state index is 14.0. The zero-order valence-corrected chi connectivity index (χ0v) is 50.2. The van der Waals surface area contributed by atoms with Crippen molar-refractivity contribution in [3.05, 3.63) is 82.1 Å². The van der Waals surface area contributed by atoms with E-state index in [9.17, 15) is 39.0 Å². The van der Waals surface area contributed by atoms with E-state index < -0.39 is 58.9 Å². The smallest absolute Gasteiger partial charge is 0.246 e. The van der Waals surface area contributed by atoms with Gasteiger partial charge in [-0.3, -0.25) is 28.8 Å². The summed E-state index contributed by atoms with van der Waals surface area (Å²) in [5.74, 6) is -3.07. The molecule has 4 heterocycles. The molecule has 6 rings (SSSR count). The minimum Gasteiger partial charge on any atom is -0.391 e. The van der Waals surface area contributed by atoms with Crippen LogP contribution in [0.15, 0.2) is 59.6 Å². The van der Waals surface area contributed by atoms with Crippen molar-refractivity contribution >= 4 is 58.0 Å². The summed E-state index contributed by atoms with van der Waals surface area (Å²) in [6.45, 7) is 17.6. The van der Waals surface area contributed by atoms with Crippen LogP contribution in [0.5, 0.6) is 0 Å². The third kappa shape index (κ3) is 20.0. The molecule has 2 aliphatic heterocycles. The molecule has 5 amide bonds. The van der Waals surface area contributed by atoms with Gasteiger partial charge in [0.25, 0.3) is 0 Å². The zero-order chi connectivity index (χ0) is 59.4. The molecular formula is C59H83N7O14S2. The number of rotatable bonds is 32. The Labute approximate surface area is 489 Å². The molecule has 2 aliphatic rings. The molecule has 0 aliphatic carbocycles. The van der Waals surface area contributed by atoms with Crippen LogP contribution in [-0.2, 0) is 70.3 Å². The molecule has 450 valence electrons. The number of likely N-dealkylation sites (tertiary alicyclic amines) is 2. The van der Waals surface area contributed by atoms with Crippen LogP contribution < -0.4 is 16.0 Å². The van der Waals surface area contributed by atoms with E-state index >= 15 is 0 Å². The molecule has 4 aromatic rings. The molecule has 2 aromatic carbocycles. The number of carbonyl (C=O) groups is 6. The third-order valence-corrected chi connectivity index (χ3v) is 16.1. The topological polar surface area (TPSA) is 267 Å². The van der Waals surface area contributed by atoms with Crippen LogP contribution in [-0.4, -0.2) is 188 Å². The highest BCUT2D eigenvalue weighted by molar-refractivity contribution is 7.13. The van der Waals surface area contributed by atoms with Crippen LogP contribution in [0.1, 0.15) is 83.3 Å². The predicted octanol–water partition coefficient (Wildman–Crippen LogP) is 4.66. The summed E-state index contributed by atoms with van der Waals surface area (Å²) in [4.78, 5) is 94.5. The van der Waals surface area contributed by atoms with E-state index in [1.165, 1.54) is 9.80 Å². The summed E-state index contributed by atoms with van der Waals surface area (Å²) in [6, 6.07) is 12.9. The van der Waals surface area contributed by atoms with Crippen molar-refractivity contribution in [1.29, 1.82) is 0 Å². The third-order valence-electron chi connectivity index (χ3n) is 14.1. The quantitative estimate of drug-likeness (QED) is 0.0417. The summed E-state index contributed by atoms with van der Waals surface area (Å²) in [5, 5.41) is 29.8. The Balaban J connectivity index is 0.763. The van der Waals surface area contributed by atoms with Crippen molar-refractivity contribution < 1.29 is 67.4 Å². The molecule has 2 fully saturated rings. The van der Waals surface area contributed by atoms with Crippen molar-refractivity contribution in [1.82, 2.24) is 35.7 Å². The lowest BCUT2D eigenvalue weighted by Crippen LogP contribution is -2.58. The summed E-state index contributed by atoms with van der Waals surface area (Å²) < 4.78 is 33.3. The van der Waals surface area contributed by atoms with E-state index in [1.807, 2.05) is 109 Å². The zero-order valence-electron chi connectivity index (χ0n) is 48.6. The van der Waals surface area contributed by atoms with Gasteiger partial charge in [0.05, 0.1) is 110 Å². The fraction of sp³-hybridized carbons (Fsp3) is 0.593. The number of carbonyl (C=O) groups excluding carboxylic acids is 6. The maximum atomic E-state index is 14.0. The van der Waals surface area contributed by atoms with E-state index in [4.69, 9.17) is 28.4 Å². The fourth-order valence-electron chi connectivity index (χ4n) is 9.55. The fourth-order valence-corrected chi connectivity index (χ4v) is 11.2. The Morgan fingerprint density at radius 2 is 0.963 bits per heavy atom. The van der Waals surface area contributed by atoms with Crippen LogP contribution >= 0.6 is 22.7 Å². The van der Waals surface area contributed by atoms with Gasteiger partial charge in [0.2, 0.25) is 29.5 Å². The number of ether oxygens (including phenoxy) is 6. The minimum absolute atomic E-state index is 0.00513. The lowest BCUT2D eigenvalue weighted by molar-refractivity contribution is -0.146. The molecular weight excluding hydrogens is 1090 g/mol. The predicted molar refractivity (Wildman–Crippen MR) is 309 cm³/mol. The highest BCUT2D eigenvalue weighted by Crippen LogP contribution is 2.34. The average molecular weight is 1180 g/mol. The number of amides is 5. The first-order valence-electron chi connectivity index (χ1n) is 27.9. The number of thiazole rings is 2. The minimum atomic E-state index is -0.986. The molecule has 21 nitrogen and oxygen atoms in total. The first-order valence-corrected chi connectivity index (χ1v) is 29.6. The van der Waals surface area contributed by atoms with Gasteiger partial charge in [0.15, 0.2) is 5.78 Å². The molecule has 5 N–H and O–H groups in total. The summed E-state index contributed by atoms with van der Waals surface area (Å²) in [7, 11) is 0. The van der Waals surface area contributed by atoms with E-state index in [-0.39, 0.29) is 109 Å². The Kier molecular flexibility index (Phi) is 25.5. The number of aromatic nitrogens is 2. The second-order valence-electron chi connectivity index (χ2n) is 22.7. The average Bonchev–Trinajstić information content (AvgIpc) is 4.30. The highest BCUT2D eigenvalue weighted by Gasteiger charge is 2.46. The molecule has 2 saturated heterocycles. The van der Waals surface area contributed by atoms with Gasteiger partial charge in [0, 0.05) is 51.4 Å². The van der Waals surface area contributed by atoms with Crippen LogP contribution in [0.2, 0.25) is 0 Å². The number of aliphatic hydroxyl groups is 2. The normalized spacial score (nSPS) is 18.1. The number of aryl methyl sites for hydroxylation is 2. The molecule has 23 heteroatoms. The van der Waals surface area contributed by atoms with Crippen molar-refractivity contribution in [3.63, 3.8) is 0 Å². The first kappa shape index (κ1) is 65.6. The summed E-state index contributed by atoms with van der Waals surface area (Å²) in [6.07, 6.45) is -1.64. The van der Waals surface area contributed by atoms with E-state index in [0.717, 1.165) is 43.4 Å². The van der Waals surface area contributed by atoms with Crippen LogP contribution in [0.3, 0.4) is 0 Å². The van der Waals surface area contributed by atoms with Gasteiger partial charge >= 0.3 is 0 Å². The second-order valence-corrected chi connectivity index (χ2v) is 24.4. The number of ketones is 1. The summed E-state index contributed by atoms with van der Waals surface area (Å²) in [5.41, 5.74) is 8.05. The summed E-state index contributed by atoms with van der Waals surface area (Å²) >= 11 is 3.13. The molecule has 0 radical (unpaired) electrons. The number of hydrogen-bond donors (Lipinski definition) is 5. The largest absolute Gasteiger partial charge is 0.391 e. The number of aliphatic hydroxyl groups excluding tert-OH is 2. The van der Waals surface area contributed by atoms with Crippen molar-refractivity contribution in [2.24, 2.45) is 16.7 Å². The van der Waals surface area contributed by atoms with E-state index in [1.54, 1.807) is 28.2 Å². The monoisotopic (exact) mass is 1180 g/mol. The van der Waals surface area contributed by atoms with E-state index in [2.05, 4.69) is 25.9 Å². The van der Waals surface area contributed by atoms with Gasteiger partial charge in [-0.15, -0.1) is 22.7 Å². The van der Waals surface area contributed by atoms with Gasteiger partial charge in [-0.2, -0.15) is 0 Å². The Hall–Kier alpha value is -5.60. The van der Waals surface area contributed by atoms with Crippen molar-refractivity contribution in [2.45, 2.75) is 118 Å². The van der Waals surface area contributed by atoms with Crippen LogP contribution in [0.4, 0.5) is 0 Å². The lowest BCUT2D eigenvalue weighted by Gasteiger charge is -2.35. The number of nitrogens with one attached hydrogen (secondary N) is 3. The van der Waals surface area contributed by atoms with Gasteiger partial charge < -0.3 is 64.4 Å². The number of hydrogen-bond acceptors (Lipinski definition) is 18. The van der Waals surface area contributed by atoms with Crippen LogP contribution in [0, 0.1) is 30.6 Å². The Bertz CT molecular complexity index is 2510. The number of Topliss-reactive ketones (excluding diaryl/α,β-unsaturated/α-hetero) is 1. The molecule has 0 saturated carbocycles. The van der Waals surface area contributed by atoms with Crippen molar-refractivity contribution in [2.75, 3.05) is 92.4 Å². The molecule has 2 aromatic heterocycles. The SMILES string of the molecule is Cc1ncsc1-c1ccc(CNC(=O)[C@@H]2C[C@@H](O)CN2C(=O)[C@@H](CC(=O)COCCOCCOCCOCCOCCOCC(=O)N[C@H](C(=O)N2C[C@H](O)C[C@H]2C(=O)NCc2ccc(-c3scnc3C)cc2)C(C)(C)C)C(C)(C)C)cc1. The molecule has 0 unspecified atom stereocenters. The number of nitrogens with zero attached hydrogens (tertiary/aromatic N) is 4.